The minimum Gasteiger partial charge on any atom is -0.490 e. The Kier molecular flexibility index (Phi) is 8.50. The number of benzene rings is 1. The summed E-state index contributed by atoms with van der Waals surface area (Å²) in [5, 5.41) is 0.314. The second-order valence-electron chi connectivity index (χ2n) is 7.09. The van der Waals surface area contributed by atoms with Crippen molar-refractivity contribution in [3.63, 3.8) is 0 Å². The van der Waals surface area contributed by atoms with Crippen molar-refractivity contribution in [3.05, 3.63) is 57.0 Å². The summed E-state index contributed by atoms with van der Waals surface area (Å²) in [6, 6.07) is 6.34. The number of pyridine rings is 1. The molecule has 1 N–H and O–H groups in total. The van der Waals surface area contributed by atoms with Crippen molar-refractivity contribution in [2.75, 3.05) is 6.61 Å². The first-order valence-corrected chi connectivity index (χ1v) is 12.8. The van der Waals surface area contributed by atoms with Crippen LogP contribution in [0.25, 0.3) is 10.2 Å². The molecule has 0 radical (unpaired) electrons. The van der Waals surface area contributed by atoms with E-state index in [1.807, 2.05) is 10.6 Å². The van der Waals surface area contributed by atoms with E-state index in [0.717, 1.165) is 23.1 Å². The smallest absolute Gasteiger partial charge is 0.487 e. The number of ether oxygens (including phenoxy) is 1. The van der Waals surface area contributed by atoms with Crippen LogP contribution in [0, 0.1) is 4.91 Å². The lowest BCUT2D eigenvalue weighted by atomic mass is 10.2. The third-order valence-corrected chi connectivity index (χ3v) is 6.62. The lowest BCUT2D eigenvalue weighted by Crippen LogP contribution is -2.19. The summed E-state index contributed by atoms with van der Waals surface area (Å²) in [7, 11) is -4.59. The van der Waals surface area contributed by atoms with Gasteiger partial charge < -0.3 is 14.2 Å². The molecule has 0 aliphatic carbocycles. The normalized spacial score (nSPS) is 14.7. The summed E-state index contributed by atoms with van der Waals surface area (Å²) >= 11 is 7.47. The summed E-state index contributed by atoms with van der Waals surface area (Å²) in [6.07, 6.45) is 4.38. The number of rotatable bonds is 10. The largest absolute Gasteiger partial charge is 0.490 e. The second kappa shape index (κ2) is 11.1. The Balaban J connectivity index is 1.92. The van der Waals surface area contributed by atoms with Crippen molar-refractivity contribution in [1.29, 1.82) is 0 Å². The molecule has 1 amide bonds. The topological polar surface area (TPSA) is 132 Å². The van der Waals surface area contributed by atoms with Crippen molar-refractivity contribution >= 4 is 46.8 Å². The van der Waals surface area contributed by atoms with E-state index in [0.29, 0.717) is 16.4 Å². The average Bonchev–Trinajstić information content (AvgIpc) is 3.13. The zero-order valence-corrected chi connectivity index (χ0v) is 20.3. The van der Waals surface area contributed by atoms with E-state index >= 15 is 0 Å². The van der Waals surface area contributed by atoms with Gasteiger partial charge in [-0.2, -0.15) is 4.99 Å². The number of thiazole rings is 1. The maximum atomic E-state index is 13.1. The van der Waals surface area contributed by atoms with Crippen LogP contribution in [0.15, 0.2) is 46.6 Å². The van der Waals surface area contributed by atoms with Gasteiger partial charge in [0.15, 0.2) is 4.80 Å². The van der Waals surface area contributed by atoms with E-state index in [1.54, 1.807) is 12.4 Å². The highest BCUT2D eigenvalue weighted by atomic mass is 35.5. The maximum absolute atomic E-state index is 13.1. The third kappa shape index (κ3) is 6.55. The zero-order chi connectivity index (χ0) is 24.0. The van der Waals surface area contributed by atoms with E-state index in [1.165, 1.54) is 36.5 Å². The second-order valence-corrected chi connectivity index (χ2v) is 9.89. The molecule has 0 fully saturated rings. The number of carbonyl (C=O) groups excluding carboxylic acids is 1. The predicted octanol–water partition coefficient (Wildman–Crippen LogP) is 4.94. The minimum absolute atomic E-state index is 0.119. The van der Waals surface area contributed by atoms with Crippen molar-refractivity contribution in [1.82, 2.24) is 9.55 Å². The summed E-state index contributed by atoms with van der Waals surface area (Å²) in [6.45, 7) is 3.98. The van der Waals surface area contributed by atoms with Gasteiger partial charge in [0.2, 0.25) is 0 Å². The van der Waals surface area contributed by atoms with Crippen molar-refractivity contribution < 1.29 is 23.5 Å². The number of nitroso groups, excluding NO2 is 1. The van der Waals surface area contributed by atoms with E-state index in [-0.39, 0.29) is 17.9 Å². The molecule has 13 heteroatoms. The Bertz CT molecular complexity index is 1280. The molecular formula is C20H22ClN4O6PS. The fourth-order valence-electron chi connectivity index (χ4n) is 2.97. The summed E-state index contributed by atoms with van der Waals surface area (Å²) < 4.78 is 24.5. The van der Waals surface area contributed by atoms with Gasteiger partial charge in [0.25, 0.3) is 5.91 Å². The Morgan fingerprint density at radius 3 is 2.91 bits per heavy atom. The number of amides is 1. The van der Waals surface area contributed by atoms with Crippen LogP contribution in [0.1, 0.15) is 37.0 Å². The molecule has 0 aliphatic rings. The number of nitrogens with zero attached hydrogens (tertiary/aromatic N) is 4. The Hall–Kier alpha value is -2.43. The predicted molar refractivity (Wildman–Crippen MR) is 126 cm³/mol. The molecule has 3 rings (SSSR count). The quantitative estimate of drug-likeness (QED) is 0.300. The monoisotopic (exact) mass is 512 g/mol. The van der Waals surface area contributed by atoms with Crippen molar-refractivity contribution in [2.24, 2.45) is 9.94 Å². The standard InChI is InChI=1S/C20H22ClN4O6PS/c1-3-4-9-25-16-11-22-8-7-18(16)33-20(25)23-19(26)15-10-14(21)5-6-17(15)30-12-13(2)31-32(28,29)24-27/h5-8,10-11,13H,3-4,9,12H2,1-2H3,(H,28,29)/t13-/m0/s1. The van der Waals surface area contributed by atoms with E-state index < -0.39 is 19.8 Å². The molecule has 0 spiro atoms. The minimum atomic E-state index is -4.59. The van der Waals surface area contributed by atoms with Crippen LogP contribution in [-0.4, -0.2) is 33.1 Å². The fourth-order valence-corrected chi connectivity index (χ4v) is 4.73. The first-order valence-electron chi connectivity index (χ1n) is 10.0. The van der Waals surface area contributed by atoms with Crippen LogP contribution < -0.4 is 9.54 Å². The molecule has 2 heterocycles. The Labute approximate surface area is 198 Å². The molecule has 0 aliphatic heterocycles. The SMILES string of the molecule is CCCCn1c(=NC(=O)c2cc(Cl)ccc2OC[C@H](C)OP(=O)(O)N=O)sc2ccncc21. The van der Waals surface area contributed by atoms with Gasteiger partial charge in [-0.1, -0.05) is 36.3 Å². The molecule has 0 saturated heterocycles. The van der Waals surface area contributed by atoms with E-state index in [2.05, 4.69) is 26.4 Å². The van der Waals surface area contributed by atoms with Gasteiger partial charge in [0.05, 0.1) is 22.0 Å². The fraction of sp³-hybridized carbons (Fsp3) is 0.350. The van der Waals surface area contributed by atoms with Crippen LogP contribution >= 0.6 is 30.7 Å². The number of halogens is 1. The molecule has 2 atom stereocenters. The van der Waals surface area contributed by atoms with E-state index in [9.17, 15) is 19.2 Å². The number of hydrogen-bond donors (Lipinski definition) is 1. The van der Waals surface area contributed by atoms with E-state index in [4.69, 9.17) is 16.3 Å². The van der Waals surface area contributed by atoms with Gasteiger partial charge in [-0.05, 0) is 37.6 Å². The van der Waals surface area contributed by atoms with Gasteiger partial charge in [-0.3, -0.25) is 14.3 Å². The molecule has 33 heavy (non-hydrogen) atoms. The number of unbranched alkanes of at least 4 members (excludes halogenated alkanes) is 1. The molecule has 176 valence electrons. The van der Waals surface area contributed by atoms with Gasteiger partial charge in [-0.15, -0.1) is 4.91 Å². The van der Waals surface area contributed by atoms with Crippen LogP contribution in [0.3, 0.4) is 0 Å². The molecule has 2 aromatic heterocycles. The third-order valence-electron chi connectivity index (χ3n) is 4.48. The summed E-state index contributed by atoms with van der Waals surface area (Å²) in [4.78, 5) is 43.7. The maximum Gasteiger partial charge on any atom is 0.487 e. The number of aromatic nitrogens is 2. The van der Waals surface area contributed by atoms with Gasteiger partial charge in [0.1, 0.15) is 18.5 Å². The Morgan fingerprint density at radius 1 is 1.39 bits per heavy atom. The van der Waals surface area contributed by atoms with Crippen LogP contribution in [-0.2, 0) is 15.6 Å². The molecule has 1 unspecified atom stereocenters. The van der Waals surface area contributed by atoms with Gasteiger partial charge >= 0.3 is 7.75 Å². The van der Waals surface area contributed by atoms with Gasteiger partial charge in [0, 0.05) is 22.7 Å². The lowest BCUT2D eigenvalue weighted by molar-refractivity contribution is 0.0983. The number of carbonyl (C=O) groups is 1. The molecule has 10 nitrogen and oxygen atoms in total. The van der Waals surface area contributed by atoms with Crippen molar-refractivity contribution in [2.45, 2.75) is 39.3 Å². The molecule has 1 aromatic carbocycles. The summed E-state index contributed by atoms with van der Waals surface area (Å²) in [5.74, 6) is -0.397. The van der Waals surface area contributed by atoms with Crippen LogP contribution in [0.2, 0.25) is 5.02 Å². The average molecular weight is 513 g/mol. The Morgan fingerprint density at radius 2 is 2.18 bits per heavy atom. The first kappa shape index (κ1) is 25.2. The van der Waals surface area contributed by atoms with Crippen LogP contribution in [0.5, 0.6) is 5.75 Å². The first-order chi connectivity index (χ1) is 15.7. The lowest BCUT2D eigenvalue weighted by Gasteiger charge is -2.15. The molecular weight excluding hydrogens is 491 g/mol. The molecule has 0 bridgehead atoms. The van der Waals surface area contributed by atoms with Crippen LogP contribution in [0.4, 0.5) is 0 Å². The highest BCUT2D eigenvalue weighted by molar-refractivity contribution is 7.51. The zero-order valence-electron chi connectivity index (χ0n) is 17.9. The highest BCUT2D eigenvalue weighted by Gasteiger charge is 2.24. The van der Waals surface area contributed by atoms with Crippen molar-refractivity contribution in [3.8, 4) is 5.75 Å². The molecule has 3 aromatic rings. The number of aryl methyl sites for hydroxylation is 1. The summed E-state index contributed by atoms with van der Waals surface area (Å²) in [5.41, 5.74) is 1.02. The number of hydrogen-bond acceptors (Lipinski definition) is 7. The molecule has 0 saturated carbocycles. The van der Waals surface area contributed by atoms with Gasteiger partial charge in [-0.25, -0.2) is 4.57 Å². The number of fused-ring (bicyclic) bond motifs is 1. The highest BCUT2D eigenvalue weighted by Crippen LogP contribution is 2.44.